The van der Waals surface area contributed by atoms with E-state index >= 15 is 0 Å². The van der Waals surface area contributed by atoms with Crippen molar-refractivity contribution in [2.75, 3.05) is 0 Å². The van der Waals surface area contributed by atoms with Gasteiger partial charge in [-0.15, -0.1) is 0 Å². The molecule has 0 saturated carbocycles. The lowest BCUT2D eigenvalue weighted by Gasteiger charge is -2.33. The van der Waals surface area contributed by atoms with Crippen molar-refractivity contribution in [1.29, 1.82) is 0 Å². The third-order valence-corrected chi connectivity index (χ3v) is 6.22. The molecule has 0 saturated heterocycles. The minimum Gasteiger partial charge on any atom is -0.478 e. The van der Waals surface area contributed by atoms with E-state index in [-0.39, 0.29) is 11.0 Å². The van der Waals surface area contributed by atoms with Crippen molar-refractivity contribution >= 4 is 17.1 Å². The van der Waals surface area contributed by atoms with E-state index in [4.69, 9.17) is 5.11 Å². The molecular weight excluding hydrogens is 380 g/mol. The Morgan fingerprint density at radius 3 is 2.06 bits per heavy atom. The van der Waals surface area contributed by atoms with Gasteiger partial charge in [0.05, 0.1) is 5.56 Å². The molecule has 1 N–H and O–H groups in total. The van der Waals surface area contributed by atoms with E-state index < -0.39 is 5.97 Å². The summed E-state index contributed by atoms with van der Waals surface area (Å²) in [6.07, 6.45) is 3.37. The molecule has 0 aliphatic heterocycles. The van der Waals surface area contributed by atoms with Crippen molar-refractivity contribution in [3.8, 4) is 0 Å². The van der Waals surface area contributed by atoms with Crippen LogP contribution in [-0.4, -0.2) is 11.1 Å². The van der Waals surface area contributed by atoms with Crippen LogP contribution in [-0.2, 0) is 5.41 Å². The predicted molar refractivity (Wildman–Crippen MR) is 129 cm³/mol. The lowest BCUT2D eigenvalue weighted by Crippen LogP contribution is -2.22. The molecule has 0 radical (unpaired) electrons. The fraction of sp³-hybridized carbons (Fsp3) is 0.207. The average Bonchev–Trinajstić information content (AvgIpc) is 2.72. The summed E-state index contributed by atoms with van der Waals surface area (Å²) in [5.74, 6) is -0.920. The van der Waals surface area contributed by atoms with Crippen LogP contribution >= 0.6 is 0 Å². The molecule has 0 fully saturated rings. The topological polar surface area (TPSA) is 37.3 Å². The largest absolute Gasteiger partial charge is 0.478 e. The summed E-state index contributed by atoms with van der Waals surface area (Å²) < 4.78 is 0. The molecule has 3 aromatic rings. The molecular formula is C29H28O2. The van der Waals surface area contributed by atoms with Crippen molar-refractivity contribution in [3.63, 3.8) is 0 Å². The molecule has 0 bridgehead atoms. The standard InChI is InChI=1S/C29H28O2/c1-18-14-19(2)16-24(15-18)25-12-13-29(4,5)27-11-10-23(17-26(25)27)20(3)21-6-8-22(9-7-21)28(30)31/h6-12,14-17H,3,13H2,1-2,4-5H3,(H,30,31). The Bertz CT molecular complexity index is 1200. The van der Waals surface area contributed by atoms with Crippen LogP contribution in [0.5, 0.6) is 0 Å². The molecule has 0 heterocycles. The zero-order chi connectivity index (χ0) is 22.3. The number of carbonyl (C=O) groups is 1. The number of carboxylic acid groups (broad SMARTS) is 1. The van der Waals surface area contributed by atoms with Gasteiger partial charge >= 0.3 is 5.97 Å². The van der Waals surface area contributed by atoms with Crippen molar-refractivity contribution in [3.05, 3.63) is 118 Å². The summed E-state index contributed by atoms with van der Waals surface area (Å²) in [5, 5.41) is 9.16. The Labute approximate surface area is 184 Å². The van der Waals surface area contributed by atoms with Crippen LogP contribution in [0.1, 0.15) is 69.6 Å². The van der Waals surface area contributed by atoms with Crippen LogP contribution < -0.4 is 0 Å². The van der Waals surface area contributed by atoms with Gasteiger partial charge in [-0.2, -0.15) is 0 Å². The third-order valence-electron chi connectivity index (χ3n) is 6.22. The lowest BCUT2D eigenvalue weighted by molar-refractivity contribution is 0.0697. The summed E-state index contributed by atoms with van der Waals surface area (Å²) >= 11 is 0. The summed E-state index contributed by atoms with van der Waals surface area (Å²) in [7, 11) is 0. The highest BCUT2D eigenvalue weighted by Crippen LogP contribution is 2.43. The van der Waals surface area contributed by atoms with Crippen LogP contribution in [0.3, 0.4) is 0 Å². The highest BCUT2D eigenvalue weighted by atomic mass is 16.4. The zero-order valence-corrected chi connectivity index (χ0v) is 18.6. The Morgan fingerprint density at radius 1 is 0.871 bits per heavy atom. The van der Waals surface area contributed by atoms with Crippen molar-refractivity contribution < 1.29 is 9.90 Å². The van der Waals surface area contributed by atoms with Gasteiger partial charge in [0, 0.05) is 0 Å². The first-order valence-electron chi connectivity index (χ1n) is 10.6. The quantitative estimate of drug-likeness (QED) is 0.496. The molecule has 0 atom stereocenters. The highest BCUT2D eigenvalue weighted by molar-refractivity contribution is 5.90. The normalized spacial score (nSPS) is 14.5. The van der Waals surface area contributed by atoms with Gasteiger partial charge in [0.2, 0.25) is 0 Å². The van der Waals surface area contributed by atoms with E-state index in [0.717, 1.165) is 23.1 Å². The van der Waals surface area contributed by atoms with Crippen molar-refractivity contribution in [2.45, 2.75) is 39.5 Å². The van der Waals surface area contributed by atoms with E-state index in [0.29, 0.717) is 0 Å². The molecule has 4 rings (SSSR count). The average molecular weight is 409 g/mol. The second kappa shape index (κ2) is 7.70. The first-order chi connectivity index (χ1) is 14.7. The number of hydrogen-bond donors (Lipinski definition) is 1. The Morgan fingerprint density at radius 2 is 1.45 bits per heavy atom. The van der Waals surface area contributed by atoms with Crippen LogP contribution in [0.15, 0.2) is 73.3 Å². The van der Waals surface area contributed by atoms with Gasteiger partial charge in [-0.05, 0) is 82.8 Å². The second-order valence-corrected chi connectivity index (χ2v) is 9.20. The third kappa shape index (κ3) is 3.98. The van der Waals surface area contributed by atoms with Crippen LogP contribution in [0.2, 0.25) is 0 Å². The van der Waals surface area contributed by atoms with Gasteiger partial charge < -0.3 is 5.11 Å². The van der Waals surface area contributed by atoms with Crippen LogP contribution in [0, 0.1) is 13.8 Å². The van der Waals surface area contributed by atoms with Crippen molar-refractivity contribution in [1.82, 2.24) is 0 Å². The van der Waals surface area contributed by atoms with E-state index in [1.54, 1.807) is 12.1 Å². The number of aryl methyl sites for hydroxylation is 2. The first kappa shape index (κ1) is 20.9. The smallest absolute Gasteiger partial charge is 0.335 e. The molecule has 31 heavy (non-hydrogen) atoms. The molecule has 0 amide bonds. The zero-order valence-electron chi connectivity index (χ0n) is 18.6. The molecule has 2 nitrogen and oxygen atoms in total. The summed E-state index contributed by atoms with van der Waals surface area (Å²) in [4.78, 5) is 11.2. The highest BCUT2D eigenvalue weighted by Gasteiger charge is 2.29. The monoisotopic (exact) mass is 408 g/mol. The molecule has 1 aliphatic rings. The first-order valence-corrected chi connectivity index (χ1v) is 10.6. The van der Waals surface area contributed by atoms with E-state index in [9.17, 15) is 4.79 Å². The van der Waals surface area contributed by atoms with E-state index in [1.807, 2.05) is 12.1 Å². The lowest BCUT2D eigenvalue weighted by atomic mass is 9.71. The van der Waals surface area contributed by atoms with E-state index in [1.165, 1.54) is 33.4 Å². The molecule has 1 aliphatic carbocycles. The van der Waals surface area contributed by atoms with Gasteiger partial charge in [-0.3, -0.25) is 0 Å². The predicted octanol–water partition coefficient (Wildman–Crippen LogP) is 7.18. The number of fused-ring (bicyclic) bond motifs is 1. The molecule has 0 spiro atoms. The number of hydrogen-bond acceptors (Lipinski definition) is 1. The molecule has 3 aromatic carbocycles. The van der Waals surface area contributed by atoms with Gasteiger partial charge in [-0.25, -0.2) is 4.79 Å². The number of allylic oxidation sites excluding steroid dienone is 1. The number of carboxylic acids is 1. The maximum atomic E-state index is 11.2. The maximum Gasteiger partial charge on any atom is 0.335 e. The minimum absolute atomic E-state index is 0.0701. The molecule has 2 heteroatoms. The fourth-order valence-electron chi connectivity index (χ4n) is 4.51. The number of aromatic carboxylic acids is 1. The number of rotatable bonds is 4. The van der Waals surface area contributed by atoms with Crippen LogP contribution in [0.4, 0.5) is 0 Å². The Hall–Kier alpha value is -3.39. The minimum atomic E-state index is -0.920. The molecule has 156 valence electrons. The maximum absolute atomic E-state index is 11.2. The summed E-state index contributed by atoms with van der Waals surface area (Å²) in [6, 6.07) is 20.3. The van der Waals surface area contributed by atoms with Gasteiger partial charge in [0.15, 0.2) is 0 Å². The van der Waals surface area contributed by atoms with Crippen LogP contribution in [0.25, 0.3) is 11.1 Å². The number of benzene rings is 3. The Balaban J connectivity index is 1.80. The fourth-order valence-corrected chi connectivity index (χ4v) is 4.51. The van der Waals surface area contributed by atoms with Gasteiger partial charge in [-0.1, -0.05) is 80.1 Å². The summed E-state index contributed by atoms with van der Waals surface area (Å²) in [5.41, 5.74) is 10.9. The van der Waals surface area contributed by atoms with E-state index in [2.05, 4.69) is 76.7 Å². The van der Waals surface area contributed by atoms with Crippen molar-refractivity contribution in [2.24, 2.45) is 0 Å². The Kier molecular flexibility index (Phi) is 5.18. The summed E-state index contributed by atoms with van der Waals surface area (Å²) in [6.45, 7) is 13.2. The molecule has 0 aromatic heterocycles. The van der Waals surface area contributed by atoms with Gasteiger partial charge in [0.25, 0.3) is 0 Å². The SMILES string of the molecule is C=C(c1ccc(C(=O)O)cc1)c1ccc2c(c1)C(c1cc(C)cc(C)c1)=CCC2(C)C. The van der Waals surface area contributed by atoms with Gasteiger partial charge in [0.1, 0.15) is 0 Å². The molecule has 0 unspecified atom stereocenters. The second-order valence-electron chi connectivity index (χ2n) is 9.20.